The van der Waals surface area contributed by atoms with Gasteiger partial charge in [0.05, 0.1) is 18.1 Å². The zero-order valence-electron chi connectivity index (χ0n) is 7.45. The van der Waals surface area contributed by atoms with E-state index in [1.807, 2.05) is 6.92 Å². The van der Waals surface area contributed by atoms with Crippen LogP contribution in [0.1, 0.15) is 26.2 Å². The van der Waals surface area contributed by atoms with E-state index in [0.717, 1.165) is 18.4 Å². The van der Waals surface area contributed by atoms with Crippen LogP contribution in [-0.4, -0.2) is 11.2 Å². The van der Waals surface area contributed by atoms with Crippen molar-refractivity contribution in [2.75, 3.05) is 0 Å². The van der Waals surface area contributed by atoms with E-state index in [1.165, 1.54) is 0 Å². The monoisotopic (exact) mass is 165 g/mol. The van der Waals surface area contributed by atoms with Crippen LogP contribution >= 0.6 is 0 Å². The van der Waals surface area contributed by atoms with Gasteiger partial charge in [-0.1, -0.05) is 12.2 Å². The van der Waals surface area contributed by atoms with E-state index in [9.17, 15) is 5.11 Å². The second kappa shape index (κ2) is 3.73. The van der Waals surface area contributed by atoms with Crippen LogP contribution < -0.4 is 0 Å². The van der Waals surface area contributed by atoms with Crippen molar-refractivity contribution in [3.8, 4) is 6.07 Å². The Balaban J connectivity index is 2.53. The van der Waals surface area contributed by atoms with Gasteiger partial charge in [0.25, 0.3) is 0 Å². The molecule has 0 aliphatic heterocycles. The largest absolute Gasteiger partial charge is 0.392 e. The predicted octanol–water partition coefficient (Wildman–Crippen LogP) is 1.86. The van der Waals surface area contributed by atoms with Crippen LogP contribution in [0.5, 0.6) is 0 Å². The van der Waals surface area contributed by atoms with Gasteiger partial charge in [-0.25, -0.2) is 0 Å². The maximum absolute atomic E-state index is 9.52. The predicted molar refractivity (Wildman–Crippen MR) is 47.3 cm³/mol. The second-order valence-corrected chi connectivity index (χ2v) is 3.66. The number of nitriles is 1. The van der Waals surface area contributed by atoms with E-state index in [-0.39, 0.29) is 5.92 Å². The summed E-state index contributed by atoms with van der Waals surface area (Å²) < 4.78 is 0. The van der Waals surface area contributed by atoms with Crippen LogP contribution in [0.3, 0.4) is 0 Å². The van der Waals surface area contributed by atoms with Crippen LogP contribution in [0.15, 0.2) is 12.2 Å². The average molecular weight is 165 g/mol. The van der Waals surface area contributed by atoms with Gasteiger partial charge in [-0.2, -0.15) is 5.26 Å². The van der Waals surface area contributed by atoms with Crippen LogP contribution in [0.2, 0.25) is 0 Å². The van der Waals surface area contributed by atoms with Gasteiger partial charge in [-0.15, -0.1) is 0 Å². The summed E-state index contributed by atoms with van der Waals surface area (Å²) in [6, 6.07) is 2.13. The molecule has 0 aromatic carbocycles. The molecule has 0 radical (unpaired) electrons. The summed E-state index contributed by atoms with van der Waals surface area (Å²) in [6.07, 6.45) is 2.10. The average Bonchev–Trinajstić information content (AvgIpc) is 2.04. The van der Waals surface area contributed by atoms with Crippen LogP contribution in [-0.2, 0) is 0 Å². The zero-order valence-corrected chi connectivity index (χ0v) is 7.45. The molecule has 2 nitrogen and oxygen atoms in total. The van der Waals surface area contributed by atoms with Crippen LogP contribution in [0.25, 0.3) is 0 Å². The third kappa shape index (κ3) is 1.86. The molecule has 3 atom stereocenters. The van der Waals surface area contributed by atoms with Crippen molar-refractivity contribution >= 4 is 0 Å². The fraction of sp³-hybridized carbons (Fsp3) is 0.700. The van der Waals surface area contributed by atoms with E-state index in [1.54, 1.807) is 0 Å². The van der Waals surface area contributed by atoms with E-state index in [4.69, 9.17) is 5.26 Å². The highest BCUT2D eigenvalue weighted by atomic mass is 16.3. The van der Waals surface area contributed by atoms with Gasteiger partial charge in [-0.05, 0) is 32.1 Å². The molecule has 3 unspecified atom stereocenters. The molecule has 1 fully saturated rings. The number of aliphatic hydroxyl groups excluding tert-OH is 1. The van der Waals surface area contributed by atoms with Gasteiger partial charge in [0.15, 0.2) is 0 Å². The minimum Gasteiger partial charge on any atom is -0.392 e. The van der Waals surface area contributed by atoms with Crippen LogP contribution in [0, 0.1) is 23.2 Å². The SMILES string of the molecule is C=C(C)C1CCC(C#N)C(O)C1. The first-order valence-electron chi connectivity index (χ1n) is 4.38. The molecular formula is C10H15NO. The van der Waals surface area contributed by atoms with E-state index in [2.05, 4.69) is 12.6 Å². The Labute approximate surface area is 73.5 Å². The Hall–Kier alpha value is -0.810. The first kappa shape index (κ1) is 9.28. The Morgan fingerprint density at radius 2 is 2.25 bits per heavy atom. The quantitative estimate of drug-likeness (QED) is 0.603. The summed E-state index contributed by atoms with van der Waals surface area (Å²) in [4.78, 5) is 0. The number of allylic oxidation sites excluding steroid dienone is 1. The summed E-state index contributed by atoms with van der Waals surface area (Å²) in [7, 11) is 0. The Morgan fingerprint density at radius 1 is 1.58 bits per heavy atom. The lowest BCUT2D eigenvalue weighted by Crippen LogP contribution is -2.28. The molecule has 0 saturated heterocycles. The van der Waals surface area contributed by atoms with Gasteiger partial charge in [-0.3, -0.25) is 0 Å². The molecule has 1 rings (SSSR count). The van der Waals surface area contributed by atoms with E-state index < -0.39 is 6.10 Å². The number of rotatable bonds is 1. The van der Waals surface area contributed by atoms with Gasteiger partial charge in [0.1, 0.15) is 0 Å². The van der Waals surface area contributed by atoms with Crippen molar-refractivity contribution in [3.05, 3.63) is 12.2 Å². The maximum Gasteiger partial charge on any atom is 0.0723 e. The highest BCUT2D eigenvalue weighted by molar-refractivity contribution is 5.03. The fourth-order valence-corrected chi connectivity index (χ4v) is 1.74. The Kier molecular flexibility index (Phi) is 2.88. The molecule has 1 aliphatic carbocycles. The summed E-state index contributed by atoms with van der Waals surface area (Å²) in [5, 5.41) is 18.2. The molecule has 0 bridgehead atoms. The molecule has 0 spiro atoms. The normalized spacial score (nSPS) is 35.6. The van der Waals surface area contributed by atoms with Gasteiger partial charge < -0.3 is 5.11 Å². The Morgan fingerprint density at radius 3 is 2.67 bits per heavy atom. The summed E-state index contributed by atoms with van der Waals surface area (Å²) in [5.74, 6) is 0.269. The third-order valence-electron chi connectivity index (χ3n) is 2.68. The minimum absolute atomic E-state index is 0.152. The Bertz CT molecular complexity index is 216. The molecule has 1 aliphatic rings. The number of nitrogens with zero attached hydrogens (tertiary/aromatic N) is 1. The molecule has 0 aromatic rings. The number of hydrogen-bond acceptors (Lipinski definition) is 2. The first-order valence-corrected chi connectivity index (χ1v) is 4.38. The van der Waals surface area contributed by atoms with Crippen molar-refractivity contribution < 1.29 is 5.11 Å². The molecular weight excluding hydrogens is 150 g/mol. The summed E-state index contributed by atoms with van der Waals surface area (Å²) in [6.45, 7) is 5.86. The fourth-order valence-electron chi connectivity index (χ4n) is 1.74. The first-order chi connectivity index (χ1) is 5.65. The molecule has 1 saturated carbocycles. The van der Waals surface area contributed by atoms with Crippen molar-refractivity contribution in [3.63, 3.8) is 0 Å². The van der Waals surface area contributed by atoms with Crippen molar-refractivity contribution in [1.29, 1.82) is 5.26 Å². The molecule has 0 aromatic heterocycles. The van der Waals surface area contributed by atoms with Crippen molar-refractivity contribution in [2.45, 2.75) is 32.3 Å². The van der Waals surface area contributed by atoms with Gasteiger partial charge in [0.2, 0.25) is 0 Å². The topological polar surface area (TPSA) is 44.0 Å². The lowest BCUT2D eigenvalue weighted by atomic mass is 9.78. The minimum atomic E-state index is -0.439. The lowest BCUT2D eigenvalue weighted by Gasteiger charge is -2.29. The molecule has 2 heteroatoms. The molecule has 66 valence electrons. The molecule has 0 amide bonds. The highest BCUT2D eigenvalue weighted by Gasteiger charge is 2.28. The zero-order chi connectivity index (χ0) is 9.14. The van der Waals surface area contributed by atoms with Gasteiger partial charge in [0, 0.05) is 0 Å². The molecule has 0 heterocycles. The number of hydrogen-bond donors (Lipinski definition) is 1. The van der Waals surface area contributed by atoms with E-state index in [0.29, 0.717) is 12.3 Å². The number of aliphatic hydroxyl groups is 1. The summed E-state index contributed by atoms with van der Waals surface area (Å²) in [5.41, 5.74) is 1.13. The lowest BCUT2D eigenvalue weighted by molar-refractivity contribution is 0.0775. The van der Waals surface area contributed by atoms with E-state index >= 15 is 0 Å². The van der Waals surface area contributed by atoms with Gasteiger partial charge >= 0.3 is 0 Å². The standard InChI is InChI=1S/C10H15NO/c1-7(2)8-3-4-9(6-11)10(12)5-8/h8-10,12H,1,3-5H2,2H3. The molecule has 12 heavy (non-hydrogen) atoms. The maximum atomic E-state index is 9.52. The third-order valence-corrected chi connectivity index (χ3v) is 2.68. The van der Waals surface area contributed by atoms with Crippen LogP contribution in [0.4, 0.5) is 0 Å². The smallest absolute Gasteiger partial charge is 0.0723 e. The summed E-state index contributed by atoms with van der Waals surface area (Å²) >= 11 is 0. The second-order valence-electron chi connectivity index (χ2n) is 3.66. The molecule has 1 N–H and O–H groups in total. The van der Waals surface area contributed by atoms with Crippen molar-refractivity contribution in [1.82, 2.24) is 0 Å². The highest BCUT2D eigenvalue weighted by Crippen LogP contribution is 2.32. The van der Waals surface area contributed by atoms with Crippen molar-refractivity contribution in [2.24, 2.45) is 11.8 Å².